The van der Waals surface area contributed by atoms with E-state index in [1.807, 2.05) is 37.2 Å². The lowest BCUT2D eigenvalue weighted by Crippen LogP contribution is -2.17. The summed E-state index contributed by atoms with van der Waals surface area (Å²) in [6.07, 6.45) is 0. The van der Waals surface area contributed by atoms with E-state index in [4.69, 9.17) is 5.73 Å². The van der Waals surface area contributed by atoms with Crippen LogP contribution in [-0.4, -0.2) is 20.0 Å². The van der Waals surface area contributed by atoms with E-state index < -0.39 is 5.82 Å². The third-order valence-corrected chi connectivity index (χ3v) is 2.89. The zero-order valence-corrected chi connectivity index (χ0v) is 11.4. The molecule has 0 saturated heterocycles. The maximum absolute atomic E-state index is 13.0. The summed E-state index contributed by atoms with van der Waals surface area (Å²) in [6.45, 7) is 0. The highest BCUT2D eigenvalue weighted by atomic mass is 19.1. The van der Waals surface area contributed by atoms with Crippen LogP contribution < -0.4 is 16.0 Å². The first-order chi connectivity index (χ1) is 9.49. The lowest BCUT2D eigenvalue weighted by Gasteiger charge is -2.18. The van der Waals surface area contributed by atoms with Gasteiger partial charge in [0.25, 0.3) is 5.91 Å². The van der Waals surface area contributed by atoms with Crippen molar-refractivity contribution in [3.05, 3.63) is 53.8 Å². The van der Waals surface area contributed by atoms with Crippen molar-refractivity contribution in [3.8, 4) is 0 Å². The van der Waals surface area contributed by atoms with Crippen molar-refractivity contribution >= 4 is 23.0 Å². The molecule has 0 unspecified atom stereocenters. The molecule has 2 aromatic rings. The molecule has 0 aliphatic heterocycles. The summed E-state index contributed by atoms with van der Waals surface area (Å²) < 4.78 is 13.0. The van der Waals surface area contributed by atoms with Crippen LogP contribution in [-0.2, 0) is 0 Å². The molecule has 5 heteroatoms. The summed E-state index contributed by atoms with van der Waals surface area (Å²) in [5.74, 6) is -0.829. The minimum Gasteiger partial charge on any atom is -0.398 e. The van der Waals surface area contributed by atoms with E-state index in [-0.39, 0.29) is 17.2 Å². The van der Waals surface area contributed by atoms with E-state index in [0.29, 0.717) is 5.69 Å². The molecule has 0 aliphatic rings. The minimum absolute atomic E-state index is 0.116. The first kappa shape index (κ1) is 13.9. The van der Waals surface area contributed by atoms with Crippen molar-refractivity contribution in [2.45, 2.75) is 0 Å². The van der Waals surface area contributed by atoms with Gasteiger partial charge in [0.2, 0.25) is 0 Å². The van der Waals surface area contributed by atoms with Gasteiger partial charge >= 0.3 is 0 Å². The molecule has 0 fully saturated rings. The molecule has 0 aliphatic carbocycles. The van der Waals surface area contributed by atoms with Crippen LogP contribution in [0.3, 0.4) is 0 Å². The first-order valence-corrected chi connectivity index (χ1v) is 6.12. The molecule has 0 saturated carbocycles. The van der Waals surface area contributed by atoms with Crippen LogP contribution in [0.2, 0.25) is 0 Å². The van der Waals surface area contributed by atoms with Crippen LogP contribution in [0.5, 0.6) is 0 Å². The Morgan fingerprint density at radius 1 is 1.20 bits per heavy atom. The number of nitrogen functional groups attached to an aromatic ring is 1. The Morgan fingerprint density at radius 3 is 2.55 bits per heavy atom. The van der Waals surface area contributed by atoms with Gasteiger partial charge in [0, 0.05) is 19.8 Å². The largest absolute Gasteiger partial charge is 0.398 e. The van der Waals surface area contributed by atoms with Crippen LogP contribution in [0.25, 0.3) is 0 Å². The van der Waals surface area contributed by atoms with Crippen LogP contribution >= 0.6 is 0 Å². The Morgan fingerprint density at radius 2 is 1.90 bits per heavy atom. The molecular formula is C15H16FN3O. The fourth-order valence-corrected chi connectivity index (χ4v) is 1.90. The van der Waals surface area contributed by atoms with E-state index in [1.54, 1.807) is 6.07 Å². The molecule has 3 N–H and O–H groups in total. The van der Waals surface area contributed by atoms with E-state index >= 15 is 0 Å². The van der Waals surface area contributed by atoms with Crippen molar-refractivity contribution in [1.29, 1.82) is 0 Å². The quantitative estimate of drug-likeness (QED) is 0.845. The van der Waals surface area contributed by atoms with Crippen molar-refractivity contribution in [2.24, 2.45) is 0 Å². The number of anilines is 3. The van der Waals surface area contributed by atoms with Crippen LogP contribution in [0.15, 0.2) is 42.5 Å². The highest BCUT2D eigenvalue weighted by molar-refractivity contribution is 6.09. The van der Waals surface area contributed by atoms with Gasteiger partial charge in [0.15, 0.2) is 0 Å². The third-order valence-electron chi connectivity index (χ3n) is 2.89. The zero-order valence-electron chi connectivity index (χ0n) is 11.4. The van der Waals surface area contributed by atoms with E-state index in [2.05, 4.69) is 5.32 Å². The fourth-order valence-electron chi connectivity index (χ4n) is 1.90. The fraction of sp³-hybridized carbons (Fsp3) is 0.133. The molecular weight excluding hydrogens is 257 g/mol. The van der Waals surface area contributed by atoms with E-state index in [9.17, 15) is 9.18 Å². The molecule has 2 aromatic carbocycles. The van der Waals surface area contributed by atoms with Gasteiger partial charge in [-0.25, -0.2) is 4.39 Å². The second kappa shape index (κ2) is 5.61. The smallest absolute Gasteiger partial charge is 0.257 e. The van der Waals surface area contributed by atoms with Gasteiger partial charge in [-0.15, -0.1) is 0 Å². The van der Waals surface area contributed by atoms with Gasteiger partial charge < -0.3 is 16.0 Å². The second-order valence-corrected chi connectivity index (χ2v) is 4.60. The molecule has 0 bridgehead atoms. The summed E-state index contributed by atoms with van der Waals surface area (Å²) in [4.78, 5) is 14.1. The molecule has 0 atom stereocenters. The summed E-state index contributed by atoms with van der Waals surface area (Å²) in [5.41, 5.74) is 7.58. The highest BCUT2D eigenvalue weighted by Gasteiger charge is 2.13. The number of nitrogens with one attached hydrogen (secondary N) is 1. The summed E-state index contributed by atoms with van der Waals surface area (Å²) >= 11 is 0. The van der Waals surface area contributed by atoms with Gasteiger partial charge in [-0.1, -0.05) is 12.1 Å². The standard InChI is InChI=1S/C15H16FN3O/c1-19(2)14-6-4-3-5-13(14)18-15(20)11-8-7-10(16)9-12(11)17/h3-9H,17H2,1-2H3,(H,18,20). The number of carbonyl (C=O) groups is 1. The molecule has 0 aromatic heterocycles. The zero-order chi connectivity index (χ0) is 14.7. The Labute approximate surface area is 117 Å². The average molecular weight is 273 g/mol. The van der Waals surface area contributed by atoms with Crippen molar-refractivity contribution in [3.63, 3.8) is 0 Å². The number of para-hydroxylation sites is 2. The monoisotopic (exact) mass is 273 g/mol. The van der Waals surface area contributed by atoms with E-state index in [0.717, 1.165) is 11.8 Å². The molecule has 2 rings (SSSR count). The maximum atomic E-state index is 13.0. The predicted octanol–water partition coefficient (Wildman–Crippen LogP) is 2.73. The molecule has 4 nitrogen and oxygen atoms in total. The van der Waals surface area contributed by atoms with Crippen LogP contribution in [0, 0.1) is 5.82 Å². The van der Waals surface area contributed by atoms with Crippen LogP contribution in [0.4, 0.5) is 21.5 Å². The predicted molar refractivity (Wildman–Crippen MR) is 79.5 cm³/mol. The molecule has 1 amide bonds. The first-order valence-electron chi connectivity index (χ1n) is 6.12. The maximum Gasteiger partial charge on any atom is 0.257 e. The third kappa shape index (κ3) is 2.88. The molecule has 0 spiro atoms. The molecule has 0 heterocycles. The van der Waals surface area contributed by atoms with Gasteiger partial charge in [-0.2, -0.15) is 0 Å². The van der Waals surface area contributed by atoms with Crippen molar-refractivity contribution < 1.29 is 9.18 Å². The number of nitrogens with two attached hydrogens (primary N) is 1. The number of benzene rings is 2. The molecule has 104 valence electrons. The Kier molecular flexibility index (Phi) is 3.89. The number of hydrogen-bond acceptors (Lipinski definition) is 3. The van der Waals surface area contributed by atoms with Crippen molar-refractivity contribution in [1.82, 2.24) is 0 Å². The average Bonchev–Trinajstić information content (AvgIpc) is 2.38. The number of rotatable bonds is 3. The highest BCUT2D eigenvalue weighted by Crippen LogP contribution is 2.24. The number of halogens is 1. The minimum atomic E-state index is -0.465. The summed E-state index contributed by atoms with van der Waals surface area (Å²) in [7, 11) is 3.77. The Balaban J connectivity index is 2.28. The molecule has 0 radical (unpaired) electrons. The van der Waals surface area contributed by atoms with Gasteiger partial charge in [0.1, 0.15) is 5.82 Å². The normalized spacial score (nSPS) is 10.2. The van der Waals surface area contributed by atoms with Gasteiger partial charge in [0.05, 0.1) is 16.9 Å². The number of carbonyl (C=O) groups excluding carboxylic acids is 1. The lowest BCUT2D eigenvalue weighted by molar-refractivity contribution is 0.102. The number of nitrogens with zero attached hydrogens (tertiary/aromatic N) is 1. The summed E-state index contributed by atoms with van der Waals surface area (Å²) in [5, 5.41) is 2.79. The van der Waals surface area contributed by atoms with E-state index in [1.165, 1.54) is 12.1 Å². The van der Waals surface area contributed by atoms with Gasteiger partial charge in [-0.3, -0.25) is 4.79 Å². The SMILES string of the molecule is CN(C)c1ccccc1NC(=O)c1ccc(F)cc1N. The second-order valence-electron chi connectivity index (χ2n) is 4.60. The Hall–Kier alpha value is -2.56. The summed E-state index contributed by atoms with van der Waals surface area (Å²) in [6, 6.07) is 11.1. The lowest BCUT2D eigenvalue weighted by atomic mass is 10.1. The van der Waals surface area contributed by atoms with Crippen LogP contribution in [0.1, 0.15) is 10.4 Å². The number of hydrogen-bond donors (Lipinski definition) is 2. The Bertz CT molecular complexity index is 641. The van der Waals surface area contributed by atoms with Crippen molar-refractivity contribution in [2.75, 3.05) is 30.0 Å². The van der Waals surface area contributed by atoms with Gasteiger partial charge in [-0.05, 0) is 30.3 Å². The number of amides is 1. The topological polar surface area (TPSA) is 58.4 Å². The molecule has 20 heavy (non-hydrogen) atoms.